The molecular weight excluding hydrogens is 270 g/mol. The fourth-order valence-corrected chi connectivity index (χ4v) is 2.77. The topological polar surface area (TPSA) is 35.2 Å². The van der Waals surface area contributed by atoms with Crippen LogP contribution in [0.1, 0.15) is 11.1 Å². The molecule has 3 aromatic carbocycles. The van der Waals surface area contributed by atoms with Crippen LogP contribution in [0.25, 0.3) is 11.1 Å². The van der Waals surface area contributed by atoms with Crippen molar-refractivity contribution in [1.29, 1.82) is 0 Å². The van der Waals surface area contributed by atoms with Crippen molar-refractivity contribution in [3.8, 4) is 22.6 Å². The molecule has 0 aliphatic rings. The van der Waals surface area contributed by atoms with Gasteiger partial charge in [0.25, 0.3) is 0 Å². The van der Waals surface area contributed by atoms with Gasteiger partial charge in [-0.05, 0) is 72.5 Å². The third-order valence-corrected chi connectivity index (χ3v) is 3.68. The number of rotatable bonds is 3. The Kier molecular flexibility index (Phi) is 3.84. The molecule has 0 spiro atoms. The second-order valence-corrected chi connectivity index (χ2v) is 5.47. The van der Waals surface area contributed by atoms with Crippen molar-refractivity contribution in [2.75, 3.05) is 5.73 Å². The van der Waals surface area contributed by atoms with Crippen molar-refractivity contribution in [3.05, 3.63) is 77.9 Å². The van der Waals surface area contributed by atoms with Crippen LogP contribution in [0.2, 0.25) is 0 Å². The Balaban J connectivity index is 1.89. The van der Waals surface area contributed by atoms with Gasteiger partial charge in [0, 0.05) is 5.69 Å². The molecule has 0 saturated carbocycles. The van der Waals surface area contributed by atoms with Gasteiger partial charge in [0.15, 0.2) is 0 Å². The van der Waals surface area contributed by atoms with Crippen molar-refractivity contribution in [2.45, 2.75) is 13.8 Å². The number of anilines is 1. The van der Waals surface area contributed by atoms with E-state index in [1.807, 2.05) is 54.6 Å². The van der Waals surface area contributed by atoms with Gasteiger partial charge in [0.2, 0.25) is 0 Å². The van der Waals surface area contributed by atoms with E-state index >= 15 is 0 Å². The molecule has 0 amide bonds. The number of para-hydroxylation sites is 1. The van der Waals surface area contributed by atoms with Crippen LogP contribution in [-0.4, -0.2) is 0 Å². The molecule has 22 heavy (non-hydrogen) atoms. The maximum Gasteiger partial charge on any atom is 0.127 e. The van der Waals surface area contributed by atoms with Gasteiger partial charge in [-0.3, -0.25) is 0 Å². The summed E-state index contributed by atoms with van der Waals surface area (Å²) in [6.07, 6.45) is 0. The van der Waals surface area contributed by atoms with Crippen molar-refractivity contribution in [3.63, 3.8) is 0 Å². The number of hydrogen-bond donors (Lipinski definition) is 1. The average Bonchev–Trinajstić information content (AvgIpc) is 2.49. The SMILES string of the molecule is Cc1cc(N)cc(C)c1-c1ccc(Oc2ccccc2)cc1. The summed E-state index contributed by atoms with van der Waals surface area (Å²) >= 11 is 0. The lowest BCUT2D eigenvalue weighted by atomic mass is 9.95. The summed E-state index contributed by atoms with van der Waals surface area (Å²) in [5.41, 5.74) is 11.5. The summed E-state index contributed by atoms with van der Waals surface area (Å²) < 4.78 is 5.83. The van der Waals surface area contributed by atoms with E-state index in [2.05, 4.69) is 26.0 Å². The van der Waals surface area contributed by atoms with Crippen molar-refractivity contribution in [1.82, 2.24) is 0 Å². The molecule has 0 heterocycles. The van der Waals surface area contributed by atoms with Gasteiger partial charge in [-0.15, -0.1) is 0 Å². The van der Waals surface area contributed by atoms with Crippen LogP contribution in [0.3, 0.4) is 0 Å². The lowest BCUT2D eigenvalue weighted by Crippen LogP contribution is -1.93. The van der Waals surface area contributed by atoms with Crippen LogP contribution in [0.5, 0.6) is 11.5 Å². The highest BCUT2D eigenvalue weighted by molar-refractivity contribution is 5.73. The number of nitrogen functional groups attached to an aromatic ring is 1. The number of aryl methyl sites for hydroxylation is 2. The van der Waals surface area contributed by atoms with E-state index in [1.54, 1.807) is 0 Å². The van der Waals surface area contributed by atoms with E-state index in [1.165, 1.54) is 22.3 Å². The Morgan fingerprint density at radius 3 is 1.86 bits per heavy atom. The minimum Gasteiger partial charge on any atom is -0.457 e. The summed E-state index contributed by atoms with van der Waals surface area (Å²) in [4.78, 5) is 0. The minimum atomic E-state index is 0.808. The lowest BCUT2D eigenvalue weighted by molar-refractivity contribution is 0.483. The van der Waals surface area contributed by atoms with Crippen LogP contribution in [0.4, 0.5) is 5.69 Å². The molecule has 0 radical (unpaired) electrons. The van der Waals surface area contributed by atoms with E-state index in [9.17, 15) is 0 Å². The first-order chi connectivity index (χ1) is 10.6. The van der Waals surface area contributed by atoms with Gasteiger partial charge in [-0.2, -0.15) is 0 Å². The molecule has 0 aromatic heterocycles. The molecule has 0 fully saturated rings. The summed E-state index contributed by atoms with van der Waals surface area (Å²) in [5, 5.41) is 0. The Labute approximate surface area is 131 Å². The highest BCUT2D eigenvalue weighted by atomic mass is 16.5. The third-order valence-electron chi connectivity index (χ3n) is 3.68. The van der Waals surface area contributed by atoms with E-state index < -0.39 is 0 Å². The fourth-order valence-electron chi connectivity index (χ4n) is 2.77. The quantitative estimate of drug-likeness (QED) is 0.660. The van der Waals surface area contributed by atoms with Gasteiger partial charge in [0.05, 0.1) is 0 Å². The van der Waals surface area contributed by atoms with E-state index in [4.69, 9.17) is 10.5 Å². The van der Waals surface area contributed by atoms with E-state index in [0.29, 0.717) is 0 Å². The Morgan fingerprint density at radius 2 is 1.27 bits per heavy atom. The molecule has 0 saturated heterocycles. The van der Waals surface area contributed by atoms with Crippen molar-refractivity contribution >= 4 is 5.69 Å². The molecule has 2 heteroatoms. The number of hydrogen-bond acceptors (Lipinski definition) is 2. The first-order valence-electron chi connectivity index (χ1n) is 7.33. The van der Waals surface area contributed by atoms with Crippen LogP contribution in [0, 0.1) is 13.8 Å². The second-order valence-electron chi connectivity index (χ2n) is 5.47. The molecule has 0 aliphatic heterocycles. The molecule has 0 aliphatic carbocycles. The summed E-state index contributed by atoms with van der Waals surface area (Å²) in [6, 6.07) is 22.0. The van der Waals surface area contributed by atoms with Gasteiger partial charge in [0.1, 0.15) is 11.5 Å². The highest BCUT2D eigenvalue weighted by Gasteiger charge is 2.07. The largest absolute Gasteiger partial charge is 0.457 e. The molecule has 3 rings (SSSR count). The summed E-state index contributed by atoms with van der Waals surface area (Å²) in [7, 11) is 0. The van der Waals surface area contributed by atoms with Crippen molar-refractivity contribution in [2.24, 2.45) is 0 Å². The van der Waals surface area contributed by atoms with Gasteiger partial charge < -0.3 is 10.5 Å². The van der Waals surface area contributed by atoms with Gasteiger partial charge in [-0.25, -0.2) is 0 Å². The molecule has 110 valence electrons. The molecule has 0 atom stereocenters. The average molecular weight is 289 g/mol. The summed E-state index contributed by atoms with van der Waals surface area (Å²) in [6.45, 7) is 4.18. The molecule has 2 N–H and O–H groups in total. The zero-order valence-electron chi connectivity index (χ0n) is 12.8. The zero-order valence-corrected chi connectivity index (χ0v) is 12.8. The van der Waals surface area contributed by atoms with E-state index in [0.717, 1.165) is 17.2 Å². The Bertz CT molecular complexity index is 754. The van der Waals surface area contributed by atoms with Crippen LogP contribution in [-0.2, 0) is 0 Å². The summed E-state index contributed by atoms with van der Waals surface area (Å²) in [5.74, 6) is 1.68. The molecule has 0 bridgehead atoms. The monoisotopic (exact) mass is 289 g/mol. The van der Waals surface area contributed by atoms with E-state index in [-0.39, 0.29) is 0 Å². The van der Waals surface area contributed by atoms with Crippen LogP contribution < -0.4 is 10.5 Å². The first-order valence-corrected chi connectivity index (χ1v) is 7.33. The van der Waals surface area contributed by atoms with Gasteiger partial charge >= 0.3 is 0 Å². The predicted molar refractivity (Wildman–Crippen MR) is 92.3 cm³/mol. The number of benzene rings is 3. The number of ether oxygens (including phenoxy) is 1. The third kappa shape index (κ3) is 2.96. The smallest absolute Gasteiger partial charge is 0.127 e. The van der Waals surface area contributed by atoms with Crippen molar-refractivity contribution < 1.29 is 4.74 Å². The molecule has 3 aromatic rings. The second kappa shape index (κ2) is 5.94. The number of nitrogens with two attached hydrogens (primary N) is 1. The predicted octanol–water partition coefficient (Wildman–Crippen LogP) is 5.34. The maximum absolute atomic E-state index is 5.90. The van der Waals surface area contributed by atoms with Crippen LogP contribution in [0.15, 0.2) is 66.7 Å². The Morgan fingerprint density at radius 1 is 0.727 bits per heavy atom. The molecule has 2 nitrogen and oxygen atoms in total. The minimum absolute atomic E-state index is 0.808. The van der Waals surface area contributed by atoms with Gasteiger partial charge in [-0.1, -0.05) is 30.3 Å². The van der Waals surface area contributed by atoms with Crippen LogP contribution >= 0.6 is 0 Å². The molecule has 0 unspecified atom stereocenters. The normalized spacial score (nSPS) is 10.5. The lowest BCUT2D eigenvalue weighted by Gasteiger charge is -2.12. The zero-order chi connectivity index (χ0) is 15.5. The fraction of sp³-hybridized carbons (Fsp3) is 0.100. The first kappa shape index (κ1) is 14.2. The highest BCUT2D eigenvalue weighted by Crippen LogP contribution is 2.31. The standard InChI is InChI=1S/C20H19NO/c1-14-12-17(21)13-15(2)20(14)16-8-10-19(11-9-16)22-18-6-4-3-5-7-18/h3-13H,21H2,1-2H3. The maximum atomic E-state index is 5.90. The molecular formula is C20H19NO. The Hall–Kier alpha value is -2.74.